The second kappa shape index (κ2) is 6.96. The molecular weight excluding hydrogens is 340 g/mol. The molecule has 1 aromatic rings. The molecule has 0 bridgehead atoms. The van der Waals surface area contributed by atoms with Gasteiger partial charge in [-0.05, 0) is 43.1 Å². The molecule has 2 saturated heterocycles. The van der Waals surface area contributed by atoms with Crippen molar-refractivity contribution in [2.45, 2.75) is 32.4 Å². The van der Waals surface area contributed by atoms with E-state index in [-0.39, 0.29) is 36.0 Å². The van der Waals surface area contributed by atoms with Crippen LogP contribution in [0.1, 0.15) is 20.3 Å². The van der Waals surface area contributed by atoms with Gasteiger partial charge in [-0.25, -0.2) is 8.42 Å². The number of ether oxygens (including phenoxy) is 1. The number of fused-ring (bicyclic) bond motifs is 1. The molecule has 3 rings (SSSR count). The Labute approximate surface area is 149 Å². The maximum absolute atomic E-state index is 12.8. The molecule has 1 amide bonds. The van der Waals surface area contributed by atoms with Crippen LogP contribution in [-0.4, -0.2) is 63.0 Å². The van der Waals surface area contributed by atoms with E-state index in [4.69, 9.17) is 4.74 Å². The summed E-state index contributed by atoms with van der Waals surface area (Å²) < 4.78 is 29.7. The van der Waals surface area contributed by atoms with E-state index >= 15 is 0 Å². The molecule has 2 atom stereocenters. The van der Waals surface area contributed by atoms with Gasteiger partial charge in [-0.2, -0.15) is 0 Å². The Bertz CT molecular complexity index is 730. The number of rotatable bonds is 5. The predicted molar refractivity (Wildman–Crippen MR) is 97.7 cm³/mol. The summed E-state index contributed by atoms with van der Waals surface area (Å²) >= 11 is 0. The highest BCUT2D eigenvalue weighted by atomic mass is 32.2. The Morgan fingerprint density at radius 1 is 1.16 bits per heavy atom. The first kappa shape index (κ1) is 18.2. The Morgan fingerprint density at radius 2 is 1.80 bits per heavy atom. The lowest BCUT2D eigenvalue weighted by atomic mass is 10.0. The zero-order valence-electron chi connectivity index (χ0n) is 15.0. The number of benzene rings is 1. The molecule has 0 radical (unpaired) electrons. The van der Waals surface area contributed by atoms with Gasteiger partial charge in [0.05, 0.1) is 31.2 Å². The molecule has 0 N–H and O–H groups in total. The van der Waals surface area contributed by atoms with Crippen LogP contribution >= 0.6 is 0 Å². The fourth-order valence-electron chi connectivity index (χ4n) is 3.71. The topological polar surface area (TPSA) is 66.9 Å². The molecule has 1 aromatic carbocycles. The van der Waals surface area contributed by atoms with E-state index in [0.29, 0.717) is 11.7 Å². The van der Waals surface area contributed by atoms with Crippen molar-refractivity contribution in [1.29, 1.82) is 0 Å². The molecule has 0 spiro atoms. The van der Waals surface area contributed by atoms with Crippen molar-refractivity contribution >= 4 is 21.4 Å². The monoisotopic (exact) mass is 366 g/mol. The first-order chi connectivity index (χ1) is 11.8. The number of carbonyl (C=O) groups excluding carboxylic acids is 1. The average molecular weight is 366 g/mol. The Balaban J connectivity index is 1.89. The van der Waals surface area contributed by atoms with Gasteiger partial charge in [-0.3, -0.25) is 9.69 Å². The van der Waals surface area contributed by atoms with Crippen molar-refractivity contribution in [2.75, 3.05) is 36.6 Å². The maximum atomic E-state index is 12.8. The van der Waals surface area contributed by atoms with Crippen molar-refractivity contribution in [3.63, 3.8) is 0 Å². The van der Waals surface area contributed by atoms with E-state index in [2.05, 4.69) is 18.7 Å². The second-order valence-electron chi connectivity index (χ2n) is 7.33. The summed E-state index contributed by atoms with van der Waals surface area (Å²) in [6.07, 6.45) is 0.957. The molecule has 0 aromatic heterocycles. The number of hydrogen-bond acceptors (Lipinski definition) is 5. The molecule has 0 saturated carbocycles. The Morgan fingerprint density at radius 3 is 2.40 bits per heavy atom. The van der Waals surface area contributed by atoms with E-state index < -0.39 is 9.84 Å². The van der Waals surface area contributed by atoms with Crippen LogP contribution in [-0.2, 0) is 14.6 Å². The summed E-state index contributed by atoms with van der Waals surface area (Å²) in [4.78, 5) is 16.6. The highest BCUT2D eigenvalue weighted by Crippen LogP contribution is 2.32. The minimum atomic E-state index is -3.14. The zero-order chi connectivity index (χ0) is 18.2. The minimum Gasteiger partial charge on any atom is -0.497 e. The highest BCUT2D eigenvalue weighted by Gasteiger charge is 2.49. The van der Waals surface area contributed by atoms with Gasteiger partial charge in [0, 0.05) is 11.7 Å². The third kappa shape index (κ3) is 3.82. The van der Waals surface area contributed by atoms with Gasteiger partial charge in [0.15, 0.2) is 9.84 Å². The fraction of sp³-hybridized carbons (Fsp3) is 0.611. The number of hydrogen-bond donors (Lipinski definition) is 0. The molecule has 7 heteroatoms. The van der Waals surface area contributed by atoms with E-state index in [1.165, 1.54) is 0 Å². The lowest BCUT2D eigenvalue weighted by Crippen LogP contribution is -2.62. The lowest BCUT2D eigenvalue weighted by Gasteiger charge is -2.43. The van der Waals surface area contributed by atoms with Crippen LogP contribution in [0, 0.1) is 5.92 Å². The minimum absolute atomic E-state index is 0.0349. The number of methoxy groups -OCH3 is 1. The molecule has 2 aliphatic heterocycles. The molecule has 6 nitrogen and oxygen atoms in total. The summed E-state index contributed by atoms with van der Waals surface area (Å²) in [7, 11) is -1.55. The largest absolute Gasteiger partial charge is 0.497 e. The molecule has 0 unspecified atom stereocenters. The van der Waals surface area contributed by atoms with Gasteiger partial charge in [-0.1, -0.05) is 13.8 Å². The van der Waals surface area contributed by atoms with E-state index in [1.54, 1.807) is 24.1 Å². The van der Waals surface area contributed by atoms with Gasteiger partial charge in [-0.15, -0.1) is 0 Å². The molecule has 138 valence electrons. The molecule has 0 aliphatic carbocycles. The highest BCUT2D eigenvalue weighted by molar-refractivity contribution is 7.91. The maximum Gasteiger partial charge on any atom is 0.241 e. The lowest BCUT2D eigenvalue weighted by molar-refractivity contribution is -0.123. The molecular formula is C18H26N2O4S. The van der Waals surface area contributed by atoms with Crippen molar-refractivity contribution in [1.82, 2.24) is 4.90 Å². The number of nitrogens with zero attached hydrogens (tertiary/aromatic N) is 2. The first-order valence-corrected chi connectivity index (χ1v) is 10.5. The zero-order valence-corrected chi connectivity index (χ0v) is 15.8. The third-order valence-corrected chi connectivity index (χ3v) is 6.74. The summed E-state index contributed by atoms with van der Waals surface area (Å²) in [6, 6.07) is 6.80. The van der Waals surface area contributed by atoms with Crippen LogP contribution in [0.2, 0.25) is 0 Å². The average Bonchev–Trinajstić information content (AvgIpc) is 2.88. The van der Waals surface area contributed by atoms with Gasteiger partial charge in [0.1, 0.15) is 5.75 Å². The van der Waals surface area contributed by atoms with E-state index in [9.17, 15) is 13.2 Å². The van der Waals surface area contributed by atoms with Gasteiger partial charge < -0.3 is 9.64 Å². The van der Waals surface area contributed by atoms with Crippen LogP contribution in [0.5, 0.6) is 5.75 Å². The summed E-state index contributed by atoms with van der Waals surface area (Å²) in [5.74, 6) is 1.37. The normalized spacial score (nSPS) is 26.1. The van der Waals surface area contributed by atoms with Crippen LogP contribution in [0.25, 0.3) is 0 Å². The first-order valence-electron chi connectivity index (χ1n) is 8.71. The number of sulfone groups is 1. The molecule has 2 heterocycles. The quantitative estimate of drug-likeness (QED) is 0.791. The van der Waals surface area contributed by atoms with E-state index in [1.807, 2.05) is 12.1 Å². The van der Waals surface area contributed by atoms with Crippen molar-refractivity contribution < 1.29 is 17.9 Å². The van der Waals surface area contributed by atoms with Crippen LogP contribution in [0.15, 0.2) is 24.3 Å². The van der Waals surface area contributed by atoms with Crippen molar-refractivity contribution in [2.24, 2.45) is 5.92 Å². The number of amides is 1. The Hall–Kier alpha value is -1.60. The molecule has 2 aliphatic rings. The summed E-state index contributed by atoms with van der Waals surface area (Å²) in [6.45, 7) is 5.31. The molecule has 25 heavy (non-hydrogen) atoms. The number of piperazine rings is 1. The van der Waals surface area contributed by atoms with Gasteiger partial charge >= 0.3 is 0 Å². The fourth-order valence-corrected chi connectivity index (χ4v) is 5.69. The smallest absolute Gasteiger partial charge is 0.241 e. The third-order valence-electron chi connectivity index (χ3n) is 5.05. The van der Waals surface area contributed by atoms with E-state index in [0.717, 1.165) is 18.7 Å². The van der Waals surface area contributed by atoms with Crippen LogP contribution in [0.3, 0.4) is 0 Å². The predicted octanol–water partition coefficient (Wildman–Crippen LogP) is 1.56. The number of carbonyl (C=O) groups is 1. The van der Waals surface area contributed by atoms with Crippen LogP contribution in [0.4, 0.5) is 5.69 Å². The van der Waals surface area contributed by atoms with Crippen LogP contribution < -0.4 is 9.64 Å². The SMILES string of the molecule is COc1ccc(N2C(=O)CN(CCC(C)C)[C@@H]3CS(=O)(=O)C[C@@H]32)cc1. The Kier molecular flexibility index (Phi) is 5.06. The molecule has 2 fully saturated rings. The second-order valence-corrected chi connectivity index (χ2v) is 9.48. The van der Waals surface area contributed by atoms with Gasteiger partial charge in [0.2, 0.25) is 5.91 Å². The van der Waals surface area contributed by atoms with Crippen molar-refractivity contribution in [3.05, 3.63) is 24.3 Å². The number of anilines is 1. The standard InChI is InChI=1S/C18H26N2O4S/c1-13(2)8-9-19-10-18(21)20(14-4-6-15(24-3)7-5-14)17-12-25(22,23)11-16(17)19/h4-7,13,16-17H,8-12H2,1-3H3/t16-,17+/m1/s1. The van der Waals surface area contributed by atoms with Gasteiger partial charge in [0.25, 0.3) is 0 Å². The summed E-state index contributed by atoms with van der Waals surface area (Å²) in [5.41, 5.74) is 0.737. The van der Waals surface area contributed by atoms with Crippen molar-refractivity contribution in [3.8, 4) is 5.75 Å². The summed E-state index contributed by atoms with van der Waals surface area (Å²) in [5, 5.41) is 0.